The van der Waals surface area contributed by atoms with E-state index in [2.05, 4.69) is 22.8 Å². The summed E-state index contributed by atoms with van der Waals surface area (Å²) < 4.78 is 9.64. The van der Waals surface area contributed by atoms with Gasteiger partial charge in [0.1, 0.15) is 0 Å². The molecule has 4 aliphatic heterocycles. The van der Waals surface area contributed by atoms with Crippen molar-refractivity contribution in [2.45, 2.75) is 51.4 Å². The molecule has 0 saturated carbocycles. The molecule has 0 N–H and O–H groups in total. The third kappa shape index (κ3) is 9.04. The van der Waals surface area contributed by atoms with Crippen molar-refractivity contribution in [1.29, 1.82) is 0 Å². The maximum atomic E-state index is 4.93. The Hall–Kier alpha value is 0.203. The van der Waals surface area contributed by atoms with Crippen LogP contribution in [0.15, 0.2) is 12.1 Å². The summed E-state index contributed by atoms with van der Waals surface area (Å²) in [4.78, 5) is 0. The molecule has 27 heavy (non-hydrogen) atoms. The fourth-order valence-corrected chi connectivity index (χ4v) is 3.17. The van der Waals surface area contributed by atoms with Crippen LogP contribution < -0.4 is 0 Å². The first-order valence-corrected chi connectivity index (χ1v) is 16.0. The number of benzene rings is 1. The van der Waals surface area contributed by atoms with Crippen LogP contribution in [0.5, 0.6) is 0 Å². The first-order valence-electron chi connectivity index (χ1n) is 9.69. The van der Waals surface area contributed by atoms with Crippen LogP contribution in [0.4, 0.5) is 11.4 Å². The molecular weight excluding hydrogens is 462 g/mol. The molecule has 0 bridgehead atoms. The molecule has 0 aromatic heterocycles. The summed E-state index contributed by atoms with van der Waals surface area (Å²) in [5.41, 5.74) is 5.21. The normalized spacial score (nSPS) is 19.2. The zero-order valence-corrected chi connectivity index (χ0v) is 19.7. The summed E-state index contributed by atoms with van der Waals surface area (Å²) in [5, 5.41) is 9.23. The first-order chi connectivity index (χ1) is 13.4. The molecule has 7 heteroatoms. The van der Waals surface area contributed by atoms with Gasteiger partial charge in [-0.1, -0.05) is 48.9 Å². The monoisotopic (exact) mass is 488 g/mol. The second-order valence-electron chi connectivity index (χ2n) is 6.48. The van der Waals surface area contributed by atoms with Crippen molar-refractivity contribution in [3.63, 3.8) is 0 Å². The molecular formula is C20H28Cl2N2O2Zr-4. The van der Waals surface area contributed by atoms with Gasteiger partial charge in [-0.05, 0) is 12.8 Å². The van der Waals surface area contributed by atoms with Crippen LogP contribution in [-0.2, 0) is 43.2 Å². The molecule has 4 heterocycles. The van der Waals surface area contributed by atoms with E-state index >= 15 is 0 Å². The Morgan fingerprint density at radius 2 is 1.22 bits per heavy atom. The Morgan fingerprint density at radius 3 is 1.52 bits per heavy atom. The predicted molar refractivity (Wildman–Crippen MR) is 110 cm³/mol. The van der Waals surface area contributed by atoms with Gasteiger partial charge in [0.2, 0.25) is 0 Å². The van der Waals surface area contributed by atoms with Gasteiger partial charge in [0.05, 0.1) is 0 Å². The van der Waals surface area contributed by atoms with E-state index < -0.39 is 20.8 Å². The third-order valence-corrected chi connectivity index (χ3v) is 4.47. The summed E-state index contributed by atoms with van der Waals surface area (Å²) in [6, 6.07) is 4.50. The van der Waals surface area contributed by atoms with E-state index in [4.69, 9.17) is 26.5 Å². The van der Waals surface area contributed by atoms with Crippen molar-refractivity contribution >= 4 is 28.4 Å². The summed E-state index contributed by atoms with van der Waals surface area (Å²) >= 11 is -0.826. The molecule has 0 aliphatic carbocycles. The van der Waals surface area contributed by atoms with Gasteiger partial charge in [-0.15, -0.1) is 13.1 Å². The molecule has 0 spiro atoms. The average molecular weight is 491 g/mol. The van der Waals surface area contributed by atoms with E-state index in [9.17, 15) is 0 Å². The van der Waals surface area contributed by atoms with Crippen molar-refractivity contribution in [3.8, 4) is 0 Å². The van der Waals surface area contributed by atoms with E-state index in [-0.39, 0.29) is 0 Å². The van der Waals surface area contributed by atoms with Crippen LogP contribution in [0.2, 0.25) is 0 Å². The quantitative estimate of drug-likeness (QED) is 0.372. The maximum Gasteiger partial charge on any atom is -0.0306 e. The van der Waals surface area contributed by atoms with Crippen molar-refractivity contribution in [1.82, 2.24) is 0 Å². The van der Waals surface area contributed by atoms with Gasteiger partial charge in [-0.25, -0.2) is 13.2 Å². The van der Waals surface area contributed by atoms with E-state index in [1.54, 1.807) is 0 Å². The molecule has 0 radical (unpaired) electrons. The molecule has 2 saturated heterocycles. The molecule has 5 rings (SSSR count). The number of rotatable bonds is 0. The fraction of sp³-hybridized carbons (Fsp3) is 0.600. The smallest absolute Gasteiger partial charge is 0.0306 e. The number of nitrogens with zero attached hydrogens (tertiary/aromatic N) is 2. The van der Waals surface area contributed by atoms with Crippen molar-refractivity contribution < 1.29 is 30.3 Å². The van der Waals surface area contributed by atoms with Crippen LogP contribution in [0.1, 0.15) is 49.7 Å². The van der Waals surface area contributed by atoms with Gasteiger partial charge in [0.25, 0.3) is 0 Å². The Bertz CT molecular complexity index is 467. The Labute approximate surface area is 182 Å². The van der Waals surface area contributed by atoms with Crippen LogP contribution in [0, 0.1) is 13.2 Å². The number of fused-ring (bicyclic) bond motifs is 3. The van der Waals surface area contributed by atoms with E-state index in [0.29, 0.717) is 0 Å². The van der Waals surface area contributed by atoms with E-state index in [1.165, 1.54) is 61.0 Å². The standard InChI is InChI=1S/C12H14N2.2C4H7O.2ClH.Zr/c1-3-9-5-6-10-4-2-8-14-12(10)11(9)13-7-1;2*1-2-4-5-3-1;;;/h5-6H,1-4,7-8H2;2*3H,1-2,4H2;2*1H;/q-2;2*-1;;;+2/p-2. The van der Waals surface area contributed by atoms with Crippen LogP contribution in [0.25, 0.3) is 10.6 Å². The van der Waals surface area contributed by atoms with Gasteiger partial charge in [-0.2, -0.15) is 24.2 Å². The number of halogens is 2. The van der Waals surface area contributed by atoms with Crippen LogP contribution >= 0.6 is 17.0 Å². The molecule has 0 atom stereocenters. The second-order valence-corrected chi connectivity index (χ2v) is 10.2. The topological polar surface area (TPSA) is 46.7 Å². The van der Waals surface area contributed by atoms with E-state index in [1.807, 2.05) is 13.2 Å². The Morgan fingerprint density at radius 1 is 0.778 bits per heavy atom. The fourth-order valence-electron chi connectivity index (χ4n) is 3.17. The Kier molecular flexibility index (Phi) is 13.1. The molecule has 4 nitrogen and oxygen atoms in total. The first kappa shape index (κ1) is 23.5. The zero-order chi connectivity index (χ0) is 19.2. The molecule has 1 aromatic rings. The minimum Gasteiger partial charge on any atom is -0.685 e. The SMILES string of the molecule is [CH-]1CCCO1.[CH-]1CCCO1.[Cl][Zr][Cl].c1cc2c(c3c1CCC[N-]3)[N-]CCC2. The maximum absolute atomic E-state index is 4.93. The van der Waals surface area contributed by atoms with Gasteiger partial charge in [-0.3, -0.25) is 0 Å². The summed E-state index contributed by atoms with van der Waals surface area (Å²) in [7, 11) is 9.87. The second kappa shape index (κ2) is 15.1. The molecule has 1 aromatic carbocycles. The predicted octanol–water partition coefficient (Wildman–Crippen LogP) is 6.88. The van der Waals surface area contributed by atoms with Gasteiger partial charge in [0.15, 0.2) is 0 Å². The minimum absolute atomic E-state index is 0.826. The van der Waals surface area contributed by atoms with Gasteiger partial charge in [0, 0.05) is 13.2 Å². The van der Waals surface area contributed by atoms with Crippen LogP contribution in [0.3, 0.4) is 0 Å². The van der Waals surface area contributed by atoms with Crippen molar-refractivity contribution in [3.05, 3.63) is 47.1 Å². The van der Waals surface area contributed by atoms with Crippen LogP contribution in [-0.4, -0.2) is 26.3 Å². The number of aryl methyl sites for hydroxylation is 2. The largest absolute Gasteiger partial charge is 0.685 e. The van der Waals surface area contributed by atoms with Gasteiger partial charge >= 0.3 is 37.9 Å². The summed E-state index contributed by atoms with van der Waals surface area (Å²) in [6.45, 7) is 7.58. The molecule has 4 aliphatic rings. The minimum atomic E-state index is -0.826. The zero-order valence-electron chi connectivity index (χ0n) is 15.8. The van der Waals surface area contributed by atoms with Crippen molar-refractivity contribution in [2.24, 2.45) is 0 Å². The van der Waals surface area contributed by atoms with E-state index in [0.717, 1.165) is 39.1 Å². The third-order valence-electron chi connectivity index (χ3n) is 4.47. The molecule has 2 fully saturated rings. The van der Waals surface area contributed by atoms with Crippen molar-refractivity contribution in [2.75, 3.05) is 26.3 Å². The molecule has 0 amide bonds. The molecule has 0 unspecified atom stereocenters. The number of hydrogen-bond acceptors (Lipinski definition) is 2. The van der Waals surface area contributed by atoms with Gasteiger partial charge < -0.3 is 20.1 Å². The number of hydrogen-bond donors (Lipinski definition) is 0. The molecule has 152 valence electrons. The Balaban J connectivity index is 0.000000165. The summed E-state index contributed by atoms with van der Waals surface area (Å²) in [5.74, 6) is 0. The number of ether oxygens (including phenoxy) is 2. The average Bonchev–Trinajstić information content (AvgIpc) is 3.47. The summed E-state index contributed by atoms with van der Waals surface area (Å²) in [6.07, 6.45) is 9.51.